The van der Waals surface area contributed by atoms with Gasteiger partial charge in [-0.05, 0) is 73.9 Å². The first-order valence-corrected chi connectivity index (χ1v) is 12.7. The summed E-state index contributed by atoms with van der Waals surface area (Å²) in [6, 6.07) is 23.0. The largest absolute Gasteiger partial charge is 0.284 e. The Morgan fingerprint density at radius 2 is 1.69 bits per heavy atom. The van der Waals surface area contributed by atoms with Crippen molar-refractivity contribution in [2.24, 2.45) is 0 Å². The van der Waals surface area contributed by atoms with Crippen LogP contribution >= 0.6 is 23.1 Å². The summed E-state index contributed by atoms with van der Waals surface area (Å²) in [6.07, 6.45) is 1.35. The first-order valence-electron chi connectivity index (χ1n) is 10.9. The smallest absolute Gasteiger partial charge is 0.229 e. The minimum absolute atomic E-state index is 0.130. The number of carbonyl (C=O) groups excluding carboxylic acids is 1. The van der Waals surface area contributed by atoms with E-state index in [2.05, 4.69) is 69.3 Å². The highest BCUT2D eigenvalue weighted by Gasteiger charge is 2.20. The minimum atomic E-state index is 0.130. The lowest BCUT2D eigenvalue weighted by atomic mass is 10.1. The van der Waals surface area contributed by atoms with Gasteiger partial charge in [-0.15, -0.1) is 11.8 Å². The molecule has 0 saturated heterocycles. The van der Waals surface area contributed by atoms with Crippen molar-refractivity contribution < 1.29 is 4.79 Å². The zero-order chi connectivity index (χ0) is 22.5. The molecule has 0 unspecified atom stereocenters. The molecule has 0 aliphatic rings. The number of hydrogen-bond acceptors (Lipinski definition) is 4. The molecule has 5 heteroatoms. The average Bonchev–Trinajstić information content (AvgIpc) is 3.19. The van der Waals surface area contributed by atoms with Gasteiger partial charge in [-0.1, -0.05) is 59.4 Å². The van der Waals surface area contributed by atoms with E-state index in [1.54, 1.807) is 23.1 Å². The molecule has 32 heavy (non-hydrogen) atoms. The van der Waals surface area contributed by atoms with Crippen molar-refractivity contribution in [1.29, 1.82) is 0 Å². The molecule has 0 N–H and O–H groups in total. The maximum Gasteiger partial charge on any atom is 0.229 e. The number of hydrogen-bond donors (Lipinski definition) is 0. The molecule has 3 aromatic carbocycles. The fraction of sp³-hybridized carbons (Fsp3) is 0.259. The van der Waals surface area contributed by atoms with Gasteiger partial charge in [0.15, 0.2) is 5.13 Å². The second-order valence-corrected chi connectivity index (χ2v) is 10.3. The molecule has 0 aliphatic carbocycles. The molecular formula is C27H28N2OS2. The van der Waals surface area contributed by atoms with Crippen molar-refractivity contribution in [3.8, 4) is 0 Å². The zero-order valence-corrected chi connectivity index (χ0v) is 20.4. The van der Waals surface area contributed by atoms with Gasteiger partial charge in [-0.25, -0.2) is 4.98 Å². The normalized spacial score (nSPS) is 11.1. The van der Waals surface area contributed by atoms with Gasteiger partial charge in [0.05, 0.1) is 16.8 Å². The van der Waals surface area contributed by atoms with Crippen molar-refractivity contribution in [2.75, 3.05) is 10.7 Å². The number of thiazole rings is 1. The predicted molar refractivity (Wildman–Crippen MR) is 138 cm³/mol. The molecule has 0 saturated carbocycles. The maximum absolute atomic E-state index is 13.3. The molecule has 164 valence electrons. The van der Waals surface area contributed by atoms with Crippen LogP contribution in [0.2, 0.25) is 0 Å². The molecule has 1 heterocycles. The molecule has 0 bridgehead atoms. The minimum Gasteiger partial charge on any atom is -0.284 e. The number of benzene rings is 3. The van der Waals surface area contributed by atoms with Crippen LogP contribution in [0, 0.1) is 20.8 Å². The van der Waals surface area contributed by atoms with Gasteiger partial charge >= 0.3 is 0 Å². The maximum atomic E-state index is 13.3. The van der Waals surface area contributed by atoms with Crippen LogP contribution in [0.1, 0.15) is 35.1 Å². The number of aromatic nitrogens is 1. The lowest BCUT2D eigenvalue weighted by Crippen LogP contribution is -2.30. The Kier molecular flexibility index (Phi) is 7.28. The van der Waals surface area contributed by atoms with E-state index in [0.29, 0.717) is 13.0 Å². The molecule has 4 aromatic rings. The third-order valence-electron chi connectivity index (χ3n) is 5.53. The Morgan fingerprint density at radius 1 is 0.969 bits per heavy atom. The molecule has 0 fully saturated rings. The number of rotatable bonds is 8. The predicted octanol–water partition coefficient (Wildman–Crippen LogP) is 7.33. The molecule has 3 nitrogen and oxygen atoms in total. The first kappa shape index (κ1) is 22.6. The quantitative estimate of drug-likeness (QED) is 0.204. The molecule has 1 amide bonds. The van der Waals surface area contributed by atoms with E-state index in [1.165, 1.54) is 21.6 Å². The summed E-state index contributed by atoms with van der Waals surface area (Å²) in [6.45, 7) is 6.86. The van der Waals surface area contributed by atoms with Gasteiger partial charge in [-0.3, -0.25) is 9.69 Å². The van der Waals surface area contributed by atoms with Gasteiger partial charge in [0.1, 0.15) is 0 Å². The second-order valence-electron chi connectivity index (χ2n) is 8.13. The molecular weight excluding hydrogens is 432 g/mol. The van der Waals surface area contributed by atoms with E-state index in [0.717, 1.165) is 33.1 Å². The summed E-state index contributed by atoms with van der Waals surface area (Å²) in [5.74, 6) is 1.05. The Morgan fingerprint density at radius 3 is 2.44 bits per heavy atom. The van der Waals surface area contributed by atoms with Crippen molar-refractivity contribution in [1.82, 2.24) is 4.98 Å². The third kappa shape index (κ3) is 5.59. The zero-order valence-electron chi connectivity index (χ0n) is 18.8. The van der Waals surface area contributed by atoms with Gasteiger partial charge in [-0.2, -0.15) is 0 Å². The van der Waals surface area contributed by atoms with Crippen molar-refractivity contribution in [3.63, 3.8) is 0 Å². The van der Waals surface area contributed by atoms with Gasteiger partial charge in [0.25, 0.3) is 0 Å². The summed E-state index contributed by atoms with van der Waals surface area (Å²) in [7, 11) is 0. The Balaban J connectivity index is 1.48. The highest BCUT2D eigenvalue weighted by molar-refractivity contribution is 7.99. The fourth-order valence-corrected chi connectivity index (χ4v) is 5.41. The molecule has 0 radical (unpaired) electrons. The van der Waals surface area contributed by atoms with Gasteiger partial charge in [0.2, 0.25) is 5.91 Å². The van der Waals surface area contributed by atoms with Crippen LogP contribution in [0.25, 0.3) is 10.2 Å². The van der Waals surface area contributed by atoms with Crippen molar-refractivity contribution in [3.05, 3.63) is 89.0 Å². The molecule has 0 atom stereocenters. The summed E-state index contributed by atoms with van der Waals surface area (Å²) in [5, 5.41) is 0.782. The van der Waals surface area contributed by atoms with E-state index in [1.807, 2.05) is 23.1 Å². The topological polar surface area (TPSA) is 33.2 Å². The SMILES string of the molecule is Cc1ccc(SCCCC(=O)N(Cc2ccccc2)c2nc3cc(C)c(C)cc3s2)cc1. The number of amides is 1. The monoisotopic (exact) mass is 460 g/mol. The highest BCUT2D eigenvalue weighted by Crippen LogP contribution is 2.32. The Labute approximate surface area is 198 Å². The third-order valence-corrected chi connectivity index (χ3v) is 7.67. The molecule has 0 aliphatic heterocycles. The second kappa shape index (κ2) is 10.3. The van der Waals surface area contributed by atoms with Crippen LogP contribution < -0.4 is 4.90 Å². The van der Waals surface area contributed by atoms with E-state index >= 15 is 0 Å². The van der Waals surface area contributed by atoms with Gasteiger partial charge < -0.3 is 0 Å². The number of anilines is 1. The summed E-state index contributed by atoms with van der Waals surface area (Å²) >= 11 is 3.41. The average molecular weight is 461 g/mol. The van der Waals surface area contributed by atoms with E-state index < -0.39 is 0 Å². The molecule has 0 spiro atoms. The molecule has 1 aromatic heterocycles. The van der Waals surface area contributed by atoms with Crippen LogP contribution in [-0.2, 0) is 11.3 Å². The van der Waals surface area contributed by atoms with Crippen LogP contribution in [0.4, 0.5) is 5.13 Å². The standard InChI is InChI=1S/C27H28N2OS2/c1-19-11-13-23(14-12-19)31-15-7-10-26(30)29(18-22-8-5-4-6-9-22)27-28-24-16-20(2)21(3)17-25(24)32-27/h4-6,8-9,11-14,16-17H,7,10,15,18H2,1-3H3. The summed E-state index contributed by atoms with van der Waals surface area (Å²) in [5.41, 5.74) is 5.82. The first-order chi connectivity index (χ1) is 15.5. The van der Waals surface area contributed by atoms with Crippen LogP contribution in [-0.4, -0.2) is 16.6 Å². The van der Waals surface area contributed by atoms with Crippen LogP contribution in [0.15, 0.2) is 71.6 Å². The van der Waals surface area contributed by atoms with E-state index in [4.69, 9.17) is 4.98 Å². The van der Waals surface area contributed by atoms with E-state index in [-0.39, 0.29) is 5.91 Å². The fourth-order valence-electron chi connectivity index (χ4n) is 3.49. The highest BCUT2D eigenvalue weighted by atomic mass is 32.2. The van der Waals surface area contributed by atoms with Gasteiger partial charge in [0, 0.05) is 11.3 Å². The Hall–Kier alpha value is -2.63. The number of carbonyl (C=O) groups is 1. The van der Waals surface area contributed by atoms with Crippen LogP contribution in [0.3, 0.4) is 0 Å². The van der Waals surface area contributed by atoms with E-state index in [9.17, 15) is 4.79 Å². The lowest BCUT2D eigenvalue weighted by molar-refractivity contribution is -0.118. The van der Waals surface area contributed by atoms with Crippen LogP contribution in [0.5, 0.6) is 0 Å². The summed E-state index contributed by atoms with van der Waals surface area (Å²) < 4.78 is 1.13. The summed E-state index contributed by atoms with van der Waals surface area (Å²) in [4.78, 5) is 21.2. The number of fused-ring (bicyclic) bond motifs is 1. The Bertz CT molecular complexity index is 1160. The number of aryl methyl sites for hydroxylation is 3. The lowest BCUT2D eigenvalue weighted by Gasteiger charge is -2.20. The number of thioether (sulfide) groups is 1. The van der Waals surface area contributed by atoms with Crippen molar-refractivity contribution >= 4 is 44.4 Å². The van der Waals surface area contributed by atoms with Crippen molar-refractivity contribution in [2.45, 2.75) is 45.1 Å². The molecule has 4 rings (SSSR count). The number of nitrogens with zero attached hydrogens (tertiary/aromatic N) is 2.